The van der Waals surface area contributed by atoms with E-state index in [0.29, 0.717) is 21.6 Å². The number of anilines is 2. The largest absolute Gasteiger partial charge is 0.384 e. The SMILES string of the molecule is Fc1cc(NCCCCNC[C@H]2CCCN2)c(Cl)cc1SNc1nccs1. The van der Waals surface area contributed by atoms with Gasteiger partial charge in [0, 0.05) is 30.7 Å². The fourth-order valence-corrected chi connectivity index (χ4v) is 4.49. The highest BCUT2D eigenvalue weighted by Crippen LogP contribution is 2.32. The summed E-state index contributed by atoms with van der Waals surface area (Å²) in [5.41, 5.74) is 0.635. The van der Waals surface area contributed by atoms with Gasteiger partial charge in [0.05, 0.1) is 15.6 Å². The summed E-state index contributed by atoms with van der Waals surface area (Å²) in [5, 5.41) is 13.3. The van der Waals surface area contributed by atoms with Crippen molar-refractivity contribution >= 4 is 45.7 Å². The lowest BCUT2D eigenvalue weighted by atomic mass is 10.2. The summed E-state index contributed by atoms with van der Waals surface area (Å²) >= 11 is 8.93. The molecule has 0 amide bonds. The zero-order valence-electron chi connectivity index (χ0n) is 15.1. The second-order valence-electron chi connectivity index (χ2n) is 6.44. The summed E-state index contributed by atoms with van der Waals surface area (Å²) < 4.78 is 17.3. The average Bonchev–Trinajstić information content (AvgIpc) is 3.36. The highest BCUT2D eigenvalue weighted by molar-refractivity contribution is 8.00. The summed E-state index contributed by atoms with van der Waals surface area (Å²) in [6.07, 6.45) is 6.33. The molecule has 1 fully saturated rings. The van der Waals surface area contributed by atoms with Gasteiger partial charge in [0.25, 0.3) is 0 Å². The third-order valence-electron chi connectivity index (χ3n) is 4.35. The molecule has 0 unspecified atom stereocenters. The van der Waals surface area contributed by atoms with Crippen LogP contribution in [-0.4, -0.2) is 37.2 Å². The molecule has 0 spiro atoms. The van der Waals surface area contributed by atoms with Gasteiger partial charge in [-0.05, 0) is 62.9 Å². The molecular formula is C18H25ClFN5S2. The maximum absolute atomic E-state index is 14.3. The van der Waals surface area contributed by atoms with Gasteiger partial charge in [-0.2, -0.15) is 0 Å². The predicted octanol–water partition coefficient (Wildman–Crippen LogP) is 4.59. The molecule has 27 heavy (non-hydrogen) atoms. The topological polar surface area (TPSA) is 61.0 Å². The molecule has 148 valence electrons. The number of aromatic nitrogens is 1. The van der Waals surface area contributed by atoms with Crippen LogP contribution in [0.1, 0.15) is 25.7 Å². The molecule has 2 aromatic rings. The van der Waals surface area contributed by atoms with Gasteiger partial charge in [-0.25, -0.2) is 9.37 Å². The second-order valence-corrected chi connectivity index (χ2v) is 8.58. The number of nitrogens with zero attached hydrogens (tertiary/aromatic N) is 1. The third-order valence-corrected chi connectivity index (χ3v) is 6.31. The van der Waals surface area contributed by atoms with E-state index in [4.69, 9.17) is 11.6 Å². The van der Waals surface area contributed by atoms with Crippen molar-refractivity contribution in [2.45, 2.75) is 36.6 Å². The van der Waals surface area contributed by atoms with Crippen LogP contribution in [0, 0.1) is 5.82 Å². The molecule has 0 aliphatic carbocycles. The lowest BCUT2D eigenvalue weighted by molar-refractivity contribution is 0.526. The van der Waals surface area contributed by atoms with Gasteiger partial charge in [-0.3, -0.25) is 0 Å². The molecule has 1 aromatic carbocycles. The average molecular weight is 430 g/mol. The lowest BCUT2D eigenvalue weighted by Crippen LogP contribution is -2.34. The molecule has 3 rings (SSSR count). The first-order valence-corrected chi connectivity index (χ1v) is 11.3. The molecule has 1 atom stereocenters. The van der Waals surface area contributed by atoms with E-state index in [-0.39, 0.29) is 5.82 Å². The van der Waals surface area contributed by atoms with Crippen LogP contribution in [0.4, 0.5) is 15.2 Å². The smallest absolute Gasteiger partial charge is 0.192 e. The van der Waals surface area contributed by atoms with Crippen molar-refractivity contribution < 1.29 is 4.39 Å². The molecule has 0 bridgehead atoms. The van der Waals surface area contributed by atoms with Gasteiger partial charge in [0.1, 0.15) is 5.82 Å². The highest BCUT2D eigenvalue weighted by atomic mass is 35.5. The summed E-state index contributed by atoms with van der Waals surface area (Å²) in [7, 11) is 0. The summed E-state index contributed by atoms with van der Waals surface area (Å²) in [4.78, 5) is 4.55. The Morgan fingerprint density at radius 2 is 2.22 bits per heavy atom. The highest BCUT2D eigenvalue weighted by Gasteiger charge is 2.12. The molecule has 1 aromatic heterocycles. The molecule has 4 N–H and O–H groups in total. The first-order chi connectivity index (χ1) is 13.2. The number of nitrogens with one attached hydrogen (secondary N) is 4. The van der Waals surface area contributed by atoms with Crippen LogP contribution in [0.3, 0.4) is 0 Å². The Labute approximate surface area is 173 Å². The Balaban J connectivity index is 1.35. The molecular weight excluding hydrogens is 405 g/mol. The van der Waals surface area contributed by atoms with Crippen molar-refractivity contribution in [3.63, 3.8) is 0 Å². The number of benzene rings is 1. The maximum Gasteiger partial charge on any atom is 0.192 e. The van der Waals surface area contributed by atoms with E-state index in [1.54, 1.807) is 12.3 Å². The minimum absolute atomic E-state index is 0.304. The van der Waals surface area contributed by atoms with Crippen molar-refractivity contribution in [1.29, 1.82) is 0 Å². The number of halogens is 2. The molecule has 2 heterocycles. The summed E-state index contributed by atoms with van der Waals surface area (Å²) in [5.74, 6) is -0.304. The molecule has 1 aliphatic heterocycles. The fraction of sp³-hybridized carbons (Fsp3) is 0.500. The minimum atomic E-state index is -0.304. The Kier molecular flexibility index (Phi) is 8.47. The van der Waals surface area contributed by atoms with Gasteiger partial charge >= 0.3 is 0 Å². The molecule has 0 radical (unpaired) electrons. The zero-order valence-corrected chi connectivity index (χ0v) is 17.5. The number of hydrogen-bond acceptors (Lipinski definition) is 7. The summed E-state index contributed by atoms with van der Waals surface area (Å²) in [6.45, 7) is 3.96. The van der Waals surface area contributed by atoms with E-state index >= 15 is 0 Å². The molecule has 5 nitrogen and oxygen atoms in total. The Morgan fingerprint density at radius 1 is 1.33 bits per heavy atom. The van der Waals surface area contributed by atoms with E-state index in [1.165, 1.54) is 42.2 Å². The Morgan fingerprint density at radius 3 is 3.00 bits per heavy atom. The van der Waals surface area contributed by atoms with Crippen LogP contribution >= 0.6 is 34.9 Å². The van der Waals surface area contributed by atoms with Crippen molar-refractivity contribution in [3.8, 4) is 0 Å². The van der Waals surface area contributed by atoms with E-state index in [2.05, 4.69) is 25.7 Å². The number of rotatable bonds is 11. The van der Waals surface area contributed by atoms with Crippen LogP contribution in [0.25, 0.3) is 0 Å². The standard InChI is InChI=1S/C18H25ClFN5S2/c19-14-10-17(27-25-18-24-8-9-26-18)15(20)11-16(14)23-6-2-1-5-21-12-13-4-3-7-22-13/h8-11,13,21-23H,1-7,12H2,(H,24,25)/t13-/m1/s1. The monoisotopic (exact) mass is 429 g/mol. The molecule has 0 saturated carbocycles. The first-order valence-electron chi connectivity index (χ1n) is 9.22. The molecule has 9 heteroatoms. The van der Waals surface area contributed by atoms with Crippen LogP contribution in [-0.2, 0) is 0 Å². The van der Waals surface area contributed by atoms with Crippen LogP contribution < -0.4 is 20.7 Å². The molecule has 1 aliphatic rings. The van der Waals surface area contributed by atoms with E-state index in [9.17, 15) is 4.39 Å². The zero-order chi connectivity index (χ0) is 18.9. The first kappa shape index (κ1) is 20.7. The van der Waals surface area contributed by atoms with Gasteiger partial charge in [-0.1, -0.05) is 11.6 Å². The van der Waals surface area contributed by atoms with Crippen molar-refractivity contribution in [3.05, 3.63) is 34.5 Å². The maximum atomic E-state index is 14.3. The number of hydrogen-bond donors (Lipinski definition) is 4. The van der Waals surface area contributed by atoms with Gasteiger partial charge < -0.3 is 20.7 Å². The summed E-state index contributed by atoms with van der Waals surface area (Å²) in [6, 6.07) is 3.73. The quantitative estimate of drug-likeness (QED) is 0.309. The van der Waals surface area contributed by atoms with E-state index in [1.807, 2.05) is 5.38 Å². The van der Waals surface area contributed by atoms with Crippen LogP contribution in [0.5, 0.6) is 0 Å². The van der Waals surface area contributed by atoms with Crippen molar-refractivity contribution in [2.24, 2.45) is 0 Å². The van der Waals surface area contributed by atoms with E-state index < -0.39 is 0 Å². The fourth-order valence-electron chi connectivity index (χ4n) is 2.92. The number of thiazole rings is 1. The minimum Gasteiger partial charge on any atom is -0.384 e. The van der Waals surface area contributed by atoms with Gasteiger partial charge in [0.15, 0.2) is 5.13 Å². The van der Waals surface area contributed by atoms with E-state index in [0.717, 1.165) is 44.2 Å². The van der Waals surface area contributed by atoms with Crippen molar-refractivity contribution in [1.82, 2.24) is 15.6 Å². The van der Waals surface area contributed by atoms with Gasteiger partial charge in [-0.15, -0.1) is 11.3 Å². The Hall–Kier alpha value is -1.06. The van der Waals surface area contributed by atoms with Gasteiger partial charge in [0.2, 0.25) is 0 Å². The lowest BCUT2D eigenvalue weighted by Gasteiger charge is -2.12. The van der Waals surface area contributed by atoms with Crippen LogP contribution in [0.15, 0.2) is 28.6 Å². The predicted molar refractivity (Wildman–Crippen MR) is 115 cm³/mol. The number of unbranched alkanes of at least 4 members (excludes halogenated alkanes) is 1. The normalized spacial score (nSPS) is 16.6. The third kappa shape index (κ3) is 6.80. The van der Waals surface area contributed by atoms with Crippen LogP contribution in [0.2, 0.25) is 5.02 Å². The molecule has 1 saturated heterocycles. The van der Waals surface area contributed by atoms with Crippen molar-refractivity contribution in [2.75, 3.05) is 36.2 Å². The Bertz CT molecular complexity index is 695. The second kappa shape index (κ2) is 11.1.